The number of aryl methyl sites for hydroxylation is 1. The number of aliphatic imine (C=N–C) groups is 1. The van der Waals surface area contributed by atoms with Crippen molar-refractivity contribution in [1.82, 2.24) is 36.0 Å². The molecule has 0 fully saturated rings. The molecule has 3 rings (SSSR count). The molecule has 3 aromatic rings. The third-order valence-electron chi connectivity index (χ3n) is 2.87. The minimum absolute atomic E-state index is 0.0641. The minimum Gasteiger partial charge on any atom is -0.290 e. The molecule has 0 amide bonds. The van der Waals surface area contributed by atoms with Crippen molar-refractivity contribution in [3.05, 3.63) is 46.3 Å². The van der Waals surface area contributed by atoms with E-state index >= 15 is 0 Å². The Morgan fingerprint density at radius 1 is 1.44 bits per heavy atom. The lowest BCUT2D eigenvalue weighted by Crippen LogP contribution is -2.23. The fourth-order valence-corrected chi connectivity index (χ4v) is 2.00. The topological polar surface area (TPSA) is 161 Å². The van der Waals surface area contributed by atoms with Gasteiger partial charge in [-0.3, -0.25) is 10.7 Å². The number of amidine groups is 1. The van der Waals surface area contributed by atoms with Crippen molar-refractivity contribution in [2.45, 2.75) is 13.5 Å². The molecular weight excluding hydrogens is 387 g/mol. The summed E-state index contributed by atoms with van der Waals surface area (Å²) in [5.41, 5.74) is 2.64. The zero-order valence-corrected chi connectivity index (χ0v) is 14.3. The van der Waals surface area contributed by atoms with Crippen molar-refractivity contribution in [3.8, 4) is 0 Å². The summed E-state index contributed by atoms with van der Waals surface area (Å²) >= 11 is 5.71. The summed E-state index contributed by atoms with van der Waals surface area (Å²) in [6.07, 6.45) is 0.250. The number of tetrazole rings is 1. The maximum atomic E-state index is 13.2. The number of nitrogens with zero attached hydrogens (tertiary/aromatic N) is 7. The number of halogens is 2. The number of hydroxylamine groups is 1. The molecule has 0 spiro atoms. The van der Waals surface area contributed by atoms with Crippen LogP contribution in [0, 0.1) is 12.7 Å². The molecule has 140 valence electrons. The van der Waals surface area contributed by atoms with Gasteiger partial charge in [0.1, 0.15) is 18.1 Å². The minimum atomic E-state index is -0.578. The molecule has 12 nitrogen and oxygen atoms in total. The van der Waals surface area contributed by atoms with E-state index in [1.165, 1.54) is 16.9 Å². The van der Waals surface area contributed by atoms with Crippen LogP contribution >= 0.6 is 11.6 Å². The first-order chi connectivity index (χ1) is 13.0. The van der Waals surface area contributed by atoms with E-state index in [4.69, 9.17) is 21.2 Å². The van der Waals surface area contributed by atoms with E-state index in [0.717, 1.165) is 6.07 Å². The summed E-state index contributed by atoms with van der Waals surface area (Å²) in [7, 11) is 0. The van der Waals surface area contributed by atoms with Crippen molar-refractivity contribution >= 4 is 29.3 Å². The van der Waals surface area contributed by atoms with E-state index in [0.29, 0.717) is 17.2 Å². The van der Waals surface area contributed by atoms with Crippen molar-refractivity contribution in [1.29, 1.82) is 0 Å². The number of hydrogen-bond acceptors (Lipinski definition) is 10. The average Bonchev–Trinajstić information content (AvgIpc) is 3.26. The highest BCUT2D eigenvalue weighted by atomic mass is 35.5. The lowest BCUT2D eigenvalue weighted by atomic mass is 10.3. The predicted molar refractivity (Wildman–Crippen MR) is 83.5 cm³/mol. The first-order valence-corrected chi connectivity index (χ1v) is 7.35. The van der Waals surface area contributed by atoms with Crippen LogP contribution in [-0.2, 0) is 16.1 Å². The summed E-state index contributed by atoms with van der Waals surface area (Å²) in [5, 5.41) is 28.2. The van der Waals surface area contributed by atoms with Crippen LogP contribution in [0.1, 0.15) is 17.2 Å². The summed E-state index contributed by atoms with van der Waals surface area (Å²) in [5.74, 6) is -0.153. The Bertz CT molecular complexity index is 982. The smallest absolute Gasteiger partial charge is 0.290 e. The SMILES string of the molecule is Cc1nnn(Cc2nonc2C(=Nc2ccc(F)c(Cl)c2)NO)n1.O=C=O. The Balaban J connectivity index is 0.000000817. The molecule has 2 aromatic heterocycles. The van der Waals surface area contributed by atoms with Gasteiger partial charge in [-0.1, -0.05) is 16.8 Å². The molecule has 27 heavy (non-hydrogen) atoms. The van der Waals surface area contributed by atoms with Crippen LogP contribution in [0.4, 0.5) is 10.1 Å². The van der Waals surface area contributed by atoms with E-state index in [1.807, 2.05) is 5.48 Å². The molecule has 0 aliphatic heterocycles. The van der Waals surface area contributed by atoms with Gasteiger partial charge < -0.3 is 0 Å². The summed E-state index contributed by atoms with van der Waals surface area (Å²) in [6.45, 7) is 1.79. The van der Waals surface area contributed by atoms with Crippen molar-refractivity contribution in [2.24, 2.45) is 4.99 Å². The maximum absolute atomic E-state index is 13.2. The molecule has 14 heteroatoms. The number of rotatable bonds is 4. The number of aromatic nitrogens is 6. The highest BCUT2D eigenvalue weighted by Gasteiger charge is 2.18. The molecule has 0 unspecified atom stereocenters. The van der Waals surface area contributed by atoms with Crippen LogP contribution in [0.5, 0.6) is 0 Å². The molecule has 2 N–H and O–H groups in total. The molecule has 0 radical (unpaired) electrons. The molecule has 0 atom stereocenters. The fraction of sp³-hybridized carbons (Fsp3) is 0.154. The second-order valence-corrected chi connectivity index (χ2v) is 5.09. The summed E-state index contributed by atoms with van der Waals surface area (Å²) < 4.78 is 17.9. The molecule has 0 aliphatic rings. The molecule has 1 aromatic carbocycles. The quantitative estimate of drug-likeness (QED) is 0.364. The van der Waals surface area contributed by atoms with Gasteiger partial charge in [-0.2, -0.15) is 14.4 Å². The zero-order valence-electron chi connectivity index (χ0n) is 13.5. The van der Waals surface area contributed by atoms with E-state index in [9.17, 15) is 9.60 Å². The van der Waals surface area contributed by atoms with Crippen molar-refractivity contribution in [2.75, 3.05) is 0 Å². The molecule has 0 saturated heterocycles. The Morgan fingerprint density at radius 3 is 2.78 bits per heavy atom. The van der Waals surface area contributed by atoms with Crippen LogP contribution in [0.3, 0.4) is 0 Å². The Labute approximate surface area is 154 Å². The van der Waals surface area contributed by atoms with Gasteiger partial charge in [-0.15, -0.1) is 10.2 Å². The van der Waals surface area contributed by atoms with Gasteiger partial charge in [-0.05, 0) is 35.5 Å². The highest BCUT2D eigenvalue weighted by molar-refractivity contribution is 6.31. The number of hydrogen-bond donors (Lipinski definition) is 2. The van der Waals surface area contributed by atoms with E-state index in [-0.39, 0.29) is 29.2 Å². The molecular formula is C13H10ClFN8O4. The van der Waals surface area contributed by atoms with Crippen LogP contribution < -0.4 is 5.48 Å². The number of nitrogens with one attached hydrogen (secondary N) is 1. The van der Waals surface area contributed by atoms with Crippen LogP contribution in [-0.4, -0.2) is 47.7 Å². The predicted octanol–water partition coefficient (Wildman–Crippen LogP) is 0.679. The lowest BCUT2D eigenvalue weighted by Gasteiger charge is -2.03. The monoisotopic (exact) mass is 396 g/mol. The maximum Gasteiger partial charge on any atom is 0.373 e. The van der Waals surface area contributed by atoms with E-state index < -0.39 is 5.82 Å². The standard InChI is InChI=1S/C12H10ClFN8O2.CO2/c1-6-16-21-22(17-6)5-10-11(20-24-19-10)12(18-23)15-7-2-3-9(14)8(13)4-7;2-1-3/h2-4,23H,5H2,1H3,(H,15,18);. The van der Waals surface area contributed by atoms with Gasteiger partial charge in [0.15, 0.2) is 17.4 Å². The van der Waals surface area contributed by atoms with E-state index in [2.05, 4.69) is 35.3 Å². The first kappa shape index (κ1) is 19.8. The fourth-order valence-electron chi connectivity index (χ4n) is 1.83. The Kier molecular flexibility index (Phi) is 6.77. The second-order valence-electron chi connectivity index (χ2n) is 4.68. The van der Waals surface area contributed by atoms with Gasteiger partial charge in [-0.25, -0.2) is 14.0 Å². The van der Waals surface area contributed by atoms with Crippen molar-refractivity contribution < 1.29 is 23.8 Å². The molecule has 0 aliphatic carbocycles. The average molecular weight is 397 g/mol. The van der Waals surface area contributed by atoms with E-state index in [1.54, 1.807) is 6.92 Å². The lowest BCUT2D eigenvalue weighted by molar-refractivity contribution is -0.191. The third-order valence-corrected chi connectivity index (χ3v) is 3.16. The van der Waals surface area contributed by atoms with Gasteiger partial charge in [0.25, 0.3) is 0 Å². The molecule has 0 saturated carbocycles. The largest absolute Gasteiger partial charge is 0.373 e. The second kappa shape index (κ2) is 9.24. The molecule has 0 bridgehead atoms. The Morgan fingerprint density at radius 2 is 2.19 bits per heavy atom. The van der Waals surface area contributed by atoms with Gasteiger partial charge in [0, 0.05) is 0 Å². The summed E-state index contributed by atoms with van der Waals surface area (Å²) in [6, 6.07) is 3.83. The van der Waals surface area contributed by atoms with Gasteiger partial charge in [0.05, 0.1) is 10.7 Å². The molecule has 2 heterocycles. The van der Waals surface area contributed by atoms with Gasteiger partial charge in [0.2, 0.25) is 0 Å². The summed E-state index contributed by atoms with van der Waals surface area (Å²) in [4.78, 5) is 21.6. The van der Waals surface area contributed by atoms with Crippen LogP contribution in [0.25, 0.3) is 0 Å². The van der Waals surface area contributed by atoms with Gasteiger partial charge >= 0.3 is 6.15 Å². The van der Waals surface area contributed by atoms with Crippen LogP contribution in [0.15, 0.2) is 27.8 Å². The highest BCUT2D eigenvalue weighted by Crippen LogP contribution is 2.22. The first-order valence-electron chi connectivity index (χ1n) is 6.97. The van der Waals surface area contributed by atoms with Crippen molar-refractivity contribution in [3.63, 3.8) is 0 Å². The van der Waals surface area contributed by atoms with Crippen LogP contribution in [0.2, 0.25) is 5.02 Å². The zero-order chi connectivity index (χ0) is 19.8. The Hall–Kier alpha value is -3.54. The third kappa shape index (κ3) is 5.22. The normalized spacial score (nSPS) is 10.7. The number of benzene rings is 1. The number of carbonyl (C=O) groups excluding carboxylic acids is 2.